The quantitative estimate of drug-likeness (QED) is 0.685. The molecular formula is C17H22N2O3. The Bertz CT molecular complexity index is 623. The Balaban J connectivity index is 1.80. The number of nitrogens with one attached hydrogen (secondary N) is 1. The standard InChI is InChI=1S/C17H22N2O3/c1-16(2)12-6-7-13(10-12)17(16,3)18-15(20)11-4-8-14(9-5-11)19(21)22/h4-5,8-9,12-13H,6-7,10H2,1-3H3,(H,18,20). The molecule has 5 nitrogen and oxygen atoms in total. The van der Waals surface area contributed by atoms with Crippen LogP contribution in [-0.2, 0) is 0 Å². The maximum Gasteiger partial charge on any atom is 0.269 e. The van der Waals surface area contributed by atoms with Crippen LogP contribution in [0, 0.1) is 27.4 Å². The third-order valence-corrected chi connectivity index (χ3v) is 6.32. The summed E-state index contributed by atoms with van der Waals surface area (Å²) in [6.45, 7) is 6.64. The summed E-state index contributed by atoms with van der Waals surface area (Å²) in [6, 6.07) is 5.81. The van der Waals surface area contributed by atoms with Gasteiger partial charge in [0.2, 0.25) is 0 Å². The van der Waals surface area contributed by atoms with Crippen LogP contribution in [0.5, 0.6) is 0 Å². The molecule has 1 aromatic rings. The van der Waals surface area contributed by atoms with E-state index in [1.807, 2.05) is 0 Å². The minimum atomic E-state index is -0.456. The van der Waals surface area contributed by atoms with Crippen molar-refractivity contribution in [2.75, 3.05) is 0 Å². The summed E-state index contributed by atoms with van der Waals surface area (Å²) in [5.74, 6) is 1.05. The van der Waals surface area contributed by atoms with Crippen LogP contribution in [-0.4, -0.2) is 16.4 Å². The van der Waals surface area contributed by atoms with Gasteiger partial charge in [0.1, 0.15) is 0 Å². The predicted octanol–water partition coefficient (Wildman–Crippen LogP) is 3.54. The number of carbonyl (C=O) groups excluding carboxylic acids is 1. The van der Waals surface area contributed by atoms with E-state index in [1.54, 1.807) is 0 Å². The molecule has 0 aliphatic heterocycles. The first-order chi connectivity index (χ1) is 10.3. The third-order valence-electron chi connectivity index (χ3n) is 6.32. The molecule has 2 saturated carbocycles. The molecule has 1 amide bonds. The Kier molecular flexibility index (Phi) is 3.27. The molecule has 3 atom stereocenters. The summed E-state index contributed by atoms with van der Waals surface area (Å²) in [7, 11) is 0. The summed E-state index contributed by atoms with van der Waals surface area (Å²) in [5.41, 5.74) is 0.342. The lowest BCUT2D eigenvalue weighted by molar-refractivity contribution is -0.384. The lowest BCUT2D eigenvalue weighted by atomic mass is 9.64. The van der Waals surface area contributed by atoms with E-state index in [-0.39, 0.29) is 22.5 Å². The summed E-state index contributed by atoms with van der Waals surface area (Å²) in [6.07, 6.45) is 3.61. The number of non-ortho nitro benzene ring substituents is 1. The fourth-order valence-electron chi connectivity index (χ4n) is 4.42. The molecule has 0 heterocycles. The van der Waals surface area contributed by atoms with Crippen LogP contribution in [0.15, 0.2) is 24.3 Å². The summed E-state index contributed by atoms with van der Waals surface area (Å²) >= 11 is 0. The van der Waals surface area contributed by atoms with E-state index in [0.717, 1.165) is 0 Å². The van der Waals surface area contributed by atoms with Gasteiger partial charge in [0.05, 0.1) is 4.92 Å². The highest BCUT2D eigenvalue weighted by atomic mass is 16.6. The molecule has 3 rings (SSSR count). The summed E-state index contributed by atoms with van der Waals surface area (Å²) in [5, 5.41) is 13.9. The zero-order chi connectivity index (χ0) is 16.1. The molecule has 1 N–H and O–H groups in total. The average molecular weight is 302 g/mol. The highest BCUT2D eigenvalue weighted by molar-refractivity contribution is 5.95. The topological polar surface area (TPSA) is 72.2 Å². The van der Waals surface area contributed by atoms with Gasteiger partial charge in [-0.3, -0.25) is 14.9 Å². The monoisotopic (exact) mass is 302 g/mol. The van der Waals surface area contributed by atoms with Crippen molar-refractivity contribution in [1.29, 1.82) is 0 Å². The Morgan fingerprint density at radius 3 is 2.27 bits per heavy atom. The van der Waals surface area contributed by atoms with Gasteiger partial charge in [0, 0.05) is 23.2 Å². The number of rotatable bonds is 3. The average Bonchev–Trinajstić information content (AvgIpc) is 3.02. The number of hydrogen-bond acceptors (Lipinski definition) is 3. The van der Waals surface area contributed by atoms with Gasteiger partial charge in [0.25, 0.3) is 11.6 Å². The van der Waals surface area contributed by atoms with Crippen LogP contribution in [0.3, 0.4) is 0 Å². The van der Waals surface area contributed by atoms with Crippen molar-refractivity contribution in [3.05, 3.63) is 39.9 Å². The molecule has 22 heavy (non-hydrogen) atoms. The second-order valence-corrected chi connectivity index (χ2v) is 7.39. The smallest absolute Gasteiger partial charge is 0.269 e. The second-order valence-electron chi connectivity index (χ2n) is 7.39. The highest BCUT2D eigenvalue weighted by Crippen LogP contribution is 2.61. The first kappa shape index (κ1) is 15.0. The molecule has 0 spiro atoms. The van der Waals surface area contributed by atoms with Crippen molar-refractivity contribution >= 4 is 11.6 Å². The van der Waals surface area contributed by atoms with Crippen LogP contribution < -0.4 is 5.32 Å². The number of hydrogen-bond donors (Lipinski definition) is 1. The summed E-state index contributed by atoms with van der Waals surface area (Å²) < 4.78 is 0. The highest BCUT2D eigenvalue weighted by Gasteiger charge is 2.60. The van der Waals surface area contributed by atoms with E-state index in [1.165, 1.54) is 43.5 Å². The minimum Gasteiger partial charge on any atom is -0.346 e. The molecule has 0 saturated heterocycles. The molecule has 2 aliphatic rings. The number of amides is 1. The van der Waals surface area contributed by atoms with E-state index in [4.69, 9.17) is 0 Å². The van der Waals surface area contributed by atoms with Gasteiger partial charge in [-0.1, -0.05) is 13.8 Å². The number of benzene rings is 1. The van der Waals surface area contributed by atoms with E-state index < -0.39 is 4.92 Å². The van der Waals surface area contributed by atoms with Crippen LogP contribution in [0.4, 0.5) is 5.69 Å². The zero-order valence-corrected chi connectivity index (χ0v) is 13.3. The Morgan fingerprint density at radius 1 is 1.18 bits per heavy atom. The van der Waals surface area contributed by atoms with Gasteiger partial charge < -0.3 is 5.32 Å². The third kappa shape index (κ3) is 2.02. The molecule has 0 aromatic heterocycles. The maximum atomic E-state index is 12.6. The number of nitro benzene ring substituents is 1. The van der Waals surface area contributed by atoms with Crippen molar-refractivity contribution in [2.45, 2.75) is 45.6 Å². The molecular weight excluding hydrogens is 280 g/mol. The Labute approximate surface area is 130 Å². The van der Waals surface area contributed by atoms with Crippen molar-refractivity contribution in [3.63, 3.8) is 0 Å². The molecule has 2 fully saturated rings. The van der Waals surface area contributed by atoms with Gasteiger partial charge in [0.15, 0.2) is 0 Å². The van der Waals surface area contributed by atoms with E-state index in [9.17, 15) is 14.9 Å². The lowest BCUT2D eigenvalue weighted by Crippen LogP contribution is -2.59. The van der Waals surface area contributed by atoms with Gasteiger partial charge >= 0.3 is 0 Å². The van der Waals surface area contributed by atoms with E-state index >= 15 is 0 Å². The predicted molar refractivity (Wildman–Crippen MR) is 83.6 cm³/mol. The minimum absolute atomic E-state index is 0.00279. The number of fused-ring (bicyclic) bond motifs is 2. The number of carbonyl (C=O) groups is 1. The van der Waals surface area contributed by atoms with Gasteiger partial charge in [-0.2, -0.15) is 0 Å². The molecule has 118 valence electrons. The Morgan fingerprint density at radius 2 is 1.77 bits per heavy atom. The van der Waals surface area contributed by atoms with Crippen molar-refractivity contribution in [1.82, 2.24) is 5.32 Å². The van der Waals surface area contributed by atoms with Crippen LogP contribution in [0.25, 0.3) is 0 Å². The SMILES string of the molecule is CC1(C)C2CCC(C2)C1(C)NC(=O)c1ccc([N+](=O)[O-])cc1. The van der Waals surface area contributed by atoms with Crippen LogP contribution >= 0.6 is 0 Å². The first-order valence-corrected chi connectivity index (χ1v) is 7.82. The van der Waals surface area contributed by atoms with E-state index in [0.29, 0.717) is 17.4 Å². The van der Waals surface area contributed by atoms with Gasteiger partial charge in [-0.25, -0.2) is 0 Å². The van der Waals surface area contributed by atoms with Crippen molar-refractivity contribution in [2.24, 2.45) is 17.3 Å². The molecule has 0 radical (unpaired) electrons. The number of nitro groups is 1. The van der Waals surface area contributed by atoms with Gasteiger partial charge in [-0.05, 0) is 55.6 Å². The van der Waals surface area contributed by atoms with Gasteiger partial charge in [-0.15, -0.1) is 0 Å². The fraction of sp³-hybridized carbons (Fsp3) is 0.588. The van der Waals surface area contributed by atoms with Crippen LogP contribution in [0.2, 0.25) is 0 Å². The molecule has 1 aromatic carbocycles. The zero-order valence-electron chi connectivity index (χ0n) is 13.3. The maximum absolute atomic E-state index is 12.6. The normalized spacial score (nSPS) is 32.0. The largest absolute Gasteiger partial charge is 0.346 e. The van der Waals surface area contributed by atoms with E-state index in [2.05, 4.69) is 26.1 Å². The molecule has 2 bridgehead atoms. The lowest BCUT2D eigenvalue weighted by Gasteiger charge is -2.48. The molecule has 3 unspecified atom stereocenters. The fourth-order valence-corrected chi connectivity index (χ4v) is 4.42. The second kappa shape index (κ2) is 4.80. The summed E-state index contributed by atoms with van der Waals surface area (Å²) in [4.78, 5) is 22.8. The molecule has 2 aliphatic carbocycles. The van der Waals surface area contributed by atoms with Crippen molar-refractivity contribution < 1.29 is 9.72 Å². The molecule has 5 heteroatoms. The first-order valence-electron chi connectivity index (χ1n) is 7.82. The number of nitrogens with zero attached hydrogens (tertiary/aromatic N) is 1. The Hall–Kier alpha value is -1.91. The van der Waals surface area contributed by atoms with Crippen molar-refractivity contribution in [3.8, 4) is 0 Å². The van der Waals surface area contributed by atoms with Crippen LogP contribution in [0.1, 0.15) is 50.4 Å².